The first-order chi connectivity index (χ1) is 7.66. The Morgan fingerprint density at radius 2 is 2.12 bits per heavy atom. The Morgan fingerprint density at radius 1 is 1.38 bits per heavy atom. The fourth-order valence-electron chi connectivity index (χ4n) is 1.53. The summed E-state index contributed by atoms with van der Waals surface area (Å²) in [6.07, 6.45) is 3.41. The van der Waals surface area contributed by atoms with Gasteiger partial charge in [-0.15, -0.1) is 0 Å². The van der Waals surface area contributed by atoms with Gasteiger partial charge in [-0.05, 0) is 29.9 Å². The number of hydrogen-bond acceptors (Lipinski definition) is 3. The molecule has 1 saturated carbocycles. The molecule has 5 heteroatoms. The number of rotatable bonds is 5. The lowest BCUT2D eigenvalue weighted by atomic mass is 9.80. The third-order valence-corrected chi connectivity index (χ3v) is 2.73. The maximum Gasteiger partial charge on any atom is 0.488 e. The SMILES string of the molecule is OB(O)c1ccc(F)c(OCCC2CC2)c1. The number of benzene rings is 1. The smallest absolute Gasteiger partial charge is 0.488 e. The van der Waals surface area contributed by atoms with Crippen molar-refractivity contribution in [2.75, 3.05) is 6.61 Å². The fraction of sp³-hybridized carbons (Fsp3) is 0.455. The van der Waals surface area contributed by atoms with Crippen LogP contribution in [0.4, 0.5) is 4.39 Å². The molecule has 16 heavy (non-hydrogen) atoms. The molecule has 1 aromatic carbocycles. The second-order valence-electron chi connectivity index (χ2n) is 4.14. The standard InChI is InChI=1S/C11H14BFO3/c13-10-4-3-9(12(14)15)7-11(10)16-6-5-8-1-2-8/h3-4,7-8,14-15H,1-2,5-6H2. The van der Waals surface area contributed by atoms with Gasteiger partial charge in [-0.3, -0.25) is 0 Å². The van der Waals surface area contributed by atoms with Gasteiger partial charge in [0, 0.05) is 0 Å². The van der Waals surface area contributed by atoms with Gasteiger partial charge in [0.25, 0.3) is 0 Å². The summed E-state index contributed by atoms with van der Waals surface area (Å²) >= 11 is 0. The van der Waals surface area contributed by atoms with Crippen molar-refractivity contribution in [2.45, 2.75) is 19.3 Å². The van der Waals surface area contributed by atoms with Crippen LogP contribution in [0.2, 0.25) is 0 Å². The first kappa shape index (κ1) is 11.4. The van der Waals surface area contributed by atoms with Gasteiger partial charge in [0.05, 0.1) is 6.61 Å². The molecule has 0 atom stereocenters. The number of ether oxygens (including phenoxy) is 1. The van der Waals surface area contributed by atoms with Crippen molar-refractivity contribution in [3.8, 4) is 5.75 Å². The van der Waals surface area contributed by atoms with Gasteiger partial charge in [0.15, 0.2) is 11.6 Å². The van der Waals surface area contributed by atoms with Crippen LogP contribution in [-0.2, 0) is 0 Å². The van der Waals surface area contributed by atoms with E-state index in [0.29, 0.717) is 6.61 Å². The van der Waals surface area contributed by atoms with Crippen molar-refractivity contribution in [1.29, 1.82) is 0 Å². The zero-order valence-corrected chi connectivity index (χ0v) is 8.90. The van der Waals surface area contributed by atoms with Crippen molar-refractivity contribution in [3.63, 3.8) is 0 Å². The third kappa shape index (κ3) is 2.96. The van der Waals surface area contributed by atoms with Crippen molar-refractivity contribution in [3.05, 3.63) is 24.0 Å². The maximum atomic E-state index is 13.3. The van der Waals surface area contributed by atoms with Gasteiger partial charge in [-0.2, -0.15) is 0 Å². The van der Waals surface area contributed by atoms with E-state index in [-0.39, 0.29) is 11.2 Å². The van der Waals surface area contributed by atoms with Crippen molar-refractivity contribution in [2.24, 2.45) is 5.92 Å². The Balaban J connectivity index is 1.96. The Labute approximate surface area is 94.0 Å². The minimum atomic E-state index is -1.59. The molecule has 2 rings (SSSR count). The highest BCUT2D eigenvalue weighted by atomic mass is 19.1. The van der Waals surface area contributed by atoms with E-state index in [4.69, 9.17) is 14.8 Å². The summed E-state index contributed by atoms with van der Waals surface area (Å²) in [5.74, 6) is 0.348. The average molecular weight is 224 g/mol. The van der Waals surface area contributed by atoms with Crippen LogP contribution in [-0.4, -0.2) is 23.8 Å². The normalized spacial score (nSPS) is 14.9. The van der Waals surface area contributed by atoms with E-state index in [2.05, 4.69) is 0 Å². The van der Waals surface area contributed by atoms with Crippen LogP contribution < -0.4 is 10.2 Å². The average Bonchev–Trinajstić information content (AvgIpc) is 3.04. The first-order valence-corrected chi connectivity index (χ1v) is 5.45. The van der Waals surface area contributed by atoms with Crippen molar-refractivity contribution >= 4 is 12.6 Å². The van der Waals surface area contributed by atoms with Crippen LogP contribution in [0.5, 0.6) is 5.75 Å². The topological polar surface area (TPSA) is 49.7 Å². The van der Waals surface area contributed by atoms with E-state index in [9.17, 15) is 4.39 Å². The lowest BCUT2D eigenvalue weighted by Crippen LogP contribution is -2.29. The molecule has 0 radical (unpaired) electrons. The van der Waals surface area contributed by atoms with E-state index < -0.39 is 12.9 Å². The van der Waals surface area contributed by atoms with Crippen LogP contribution in [0.25, 0.3) is 0 Å². The van der Waals surface area contributed by atoms with Gasteiger partial charge in [-0.25, -0.2) is 4.39 Å². The maximum absolute atomic E-state index is 13.3. The fourth-order valence-corrected chi connectivity index (χ4v) is 1.53. The zero-order chi connectivity index (χ0) is 11.5. The summed E-state index contributed by atoms with van der Waals surface area (Å²) in [6.45, 7) is 0.479. The van der Waals surface area contributed by atoms with E-state index in [1.165, 1.54) is 31.0 Å². The molecule has 0 amide bonds. The molecular weight excluding hydrogens is 210 g/mol. The number of halogens is 1. The Kier molecular flexibility index (Phi) is 3.46. The molecule has 3 nitrogen and oxygen atoms in total. The van der Waals surface area contributed by atoms with Crippen LogP contribution in [0.1, 0.15) is 19.3 Å². The molecule has 86 valence electrons. The van der Waals surface area contributed by atoms with Crippen LogP contribution >= 0.6 is 0 Å². The molecule has 2 N–H and O–H groups in total. The molecule has 0 aromatic heterocycles. The lowest BCUT2D eigenvalue weighted by Gasteiger charge is -2.08. The molecule has 1 aliphatic rings. The van der Waals surface area contributed by atoms with Crippen LogP contribution in [0.15, 0.2) is 18.2 Å². The predicted octanol–water partition coefficient (Wildman–Crippen LogP) is 0.684. The second-order valence-corrected chi connectivity index (χ2v) is 4.14. The van der Waals surface area contributed by atoms with Crippen LogP contribution in [0.3, 0.4) is 0 Å². The molecule has 0 aliphatic heterocycles. The predicted molar refractivity (Wildman–Crippen MR) is 59.1 cm³/mol. The first-order valence-electron chi connectivity index (χ1n) is 5.45. The summed E-state index contributed by atoms with van der Waals surface area (Å²) in [6, 6.07) is 3.84. The highest BCUT2D eigenvalue weighted by molar-refractivity contribution is 6.58. The minimum absolute atomic E-state index is 0.0891. The summed E-state index contributed by atoms with van der Waals surface area (Å²) in [7, 11) is -1.59. The Morgan fingerprint density at radius 3 is 2.75 bits per heavy atom. The molecule has 0 heterocycles. The highest BCUT2D eigenvalue weighted by Crippen LogP contribution is 2.32. The Bertz CT molecular complexity index is 366. The monoisotopic (exact) mass is 224 g/mol. The molecule has 1 aliphatic carbocycles. The van der Waals surface area contributed by atoms with Crippen molar-refractivity contribution < 1.29 is 19.2 Å². The highest BCUT2D eigenvalue weighted by Gasteiger charge is 2.21. The molecule has 1 aromatic rings. The summed E-state index contributed by atoms with van der Waals surface area (Å²) in [5, 5.41) is 17.9. The summed E-state index contributed by atoms with van der Waals surface area (Å²) in [4.78, 5) is 0. The largest absolute Gasteiger partial charge is 0.491 e. The summed E-state index contributed by atoms with van der Waals surface area (Å²) < 4.78 is 18.6. The second kappa shape index (κ2) is 4.85. The van der Waals surface area contributed by atoms with Gasteiger partial charge in [0.2, 0.25) is 0 Å². The molecular formula is C11H14BFO3. The quantitative estimate of drug-likeness (QED) is 0.723. The molecule has 0 bridgehead atoms. The third-order valence-electron chi connectivity index (χ3n) is 2.73. The molecule has 0 saturated heterocycles. The van der Waals surface area contributed by atoms with Crippen molar-refractivity contribution in [1.82, 2.24) is 0 Å². The molecule has 1 fully saturated rings. The van der Waals surface area contributed by atoms with Gasteiger partial charge in [0.1, 0.15) is 0 Å². The van der Waals surface area contributed by atoms with E-state index in [1.807, 2.05) is 0 Å². The van der Waals surface area contributed by atoms with Gasteiger partial charge >= 0.3 is 7.12 Å². The van der Waals surface area contributed by atoms with Crippen LogP contribution in [0, 0.1) is 11.7 Å². The molecule has 0 spiro atoms. The zero-order valence-electron chi connectivity index (χ0n) is 8.90. The number of hydrogen-bond donors (Lipinski definition) is 2. The van der Waals surface area contributed by atoms with Gasteiger partial charge in [-0.1, -0.05) is 18.9 Å². The lowest BCUT2D eigenvalue weighted by molar-refractivity contribution is 0.288. The Hall–Kier alpha value is -1.07. The van der Waals surface area contributed by atoms with Gasteiger partial charge < -0.3 is 14.8 Å². The van der Waals surface area contributed by atoms with E-state index >= 15 is 0 Å². The summed E-state index contributed by atoms with van der Waals surface area (Å²) in [5.41, 5.74) is 0.239. The van der Waals surface area contributed by atoms with E-state index in [1.54, 1.807) is 0 Å². The molecule has 0 unspecified atom stereocenters. The minimum Gasteiger partial charge on any atom is -0.491 e. The van der Waals surface area contributed by atoms with E-state index in [0.717, 1.165) is 12.3 Å².